The molecule has 1 aromatic carbocycles. The van der Waals surface area contributed by atoms with Gasteiger partial charge in [-0.25, -0.2) is 4.98 Å². The molecule has 0 atom stereocenters. The highest BCUT2D eigenvalue weighted by atomic mass is 19.4. The monoisotopic (exact) mass is 577 g/mol. The topological polar surface area (TPSA) is 55.2 Å². The Morgan fingerprint density at radius 2 is 1.73 bits per heavy atom. The molecule has 1 aliphatic carbocycles. The molecule has 3 aliphatic rings. The second-order valence-electron chi connectivity index (χ2n) is 12.0. The summed E-state index contributed by atoms with van der Waals surface area (Å²) in [6, 6.07) is 6.47. The highest BCUT2D eigenvalue weighted by Gasteiger charge is 2.37. The van der Waals surface area contributed by atoms with E-state index in [9.17, 15) is 22.0 Å². The van der Waals surface area contributed by atoms with E-state index in [1.54, 1.807) is 0 Å². The Kier molecular flexibility index (Phi) is 7.93. The lowest BCUT2D eigenvalue weighted by molar-refractivity contribution is -0.141. The smallest absolute Gasteiger partial charge is 0.433 e. The summed E-state index contributed by atoms with van der Waals surface area (Å²) in [6.07, 6.45) is 7.02. The van der Waals surface area contributed by atoms with Gasteiger partial charge in [0.25, 0.3) is 0 Å². The van der Waals surface area contributed by atoms with Gasteiger partial charge in [-0.2, -0.15) is 27.1 Å². The minimum absolute atomic E-state index is 0.0667. The van der Waals surface area contributed by atoms with Crippen LogP contribution >= 0.6 is 0 Å². The molecule has 1 saturated carbocycles. The summed E-state index contributed by atoms with van der Waals surface area (Å²) in [5, 5.41) is 8.78. The number of aromatic nitrogens is 3. The number of benzene rings is 1. The Hall–Kier alpha value is -2.79. The van der Waals surface area contributed by atoms with Gasteiger partial charge in [0.2, 0.25) is 0 Å². The first-order valence-electron chi connectivity index (χ1n) is 14.6. The molecule has 2 aromatic heterocycles. The van der Waals surface area contributed by atoms with Crippen LogP contribution in [0.25, 0.3) is 22.2 Å². The fraction of sp³-hybridized carbons (Fsp3) is 0.600. The Morgan fingerprint density at radius 3 is 2.41 bits per heavy atom. The second-order valence-corrected chi connectivity index (χ2v) is 12.0. The lowest BCUT2D eigenvalue weighted by Gasteiger charge is -2.44. The van der Waals surface area contributed by atoms with Crippen molar-refractivity contribution >= 4 is 10.9 Å². The minimum Gasteiger partial charge on any atom is -0.434 e. The van der Waals surface area contributed by atoms with E-state index in [0.29, 0.717) is 16.3 Å². The average Bonchev–Trinajstić information content (AvgIpc) is 3.37. The molecule has 0 amide bonds. The van der Waals surface area contributed by atoms with Gasteiger partial charge < -0.3 is 15.0 Å². The van der Waals surface area contributed by atoms with Crippen molar-refractivity contribution in [1.29, 1.82) is 0 Å². The molecule has 0 radical (unpaired) electrons. The number of alkyl halides is 5. The van der Waals surface area contributed by atoms with Crippen molar-refractivity contribution in [2.45, 2.75) is 70.2 Å². The molecule has 1 N–H and O–H groups in total. The minimum atomic E-state index is -4.66. The van der Waals surface area contributed by atoms with Crippen molar-refractivity contribution in [2.24, 2.45) is 11.3 Å². The summed E-state index contributed by atoms with van der Waals surface area (Å²) in [7, 11) is 0. The fourth-order valence-electron chi connectivity index (χ4n) is 7.06. The standard InChI is InChI=1S/C30H36F5N5O/c31-28(32)41-26-17-25-21(16-23(26)24-2-1-3-27(37-24)30(33,34)35)19-40(38-25)22-6-14-39(15-7-22)18-20-4-8-29(9-5-20)10-12-36-13-11-29/h1-3,16-17,19-20,22,28,36H,4-15,18H2. The molecule has 2 aliphatic heterocycles. The zero-order valence-electron chi connectivity index (χ0n) is 23.0. The predicted octanol–water partition coefficient (Wildman–Crippen LogP) is 6.92. The number of nitrogens with one attached hydrogen (secondary N) is 1. The van der Waals surface area contributed by atoms with Gasteiger partial charge in [0.15, 0.2) is 0 Å². The van der Waals surface area contributed by atoms with E-state index in [1.165, 1.54) is 62.8 Å². The molecule has 2 saturated heterocycles. The molecule has 3 aromatic rings. The van der Waals surface area contributed by atoms with E-state index in [4.69, 9.17) is 4.74 Å². The molecular weight excluding hydrogens is 541 g/mol. The normalized spacial score (nSPS) is 21.2. The molecule has 6 rings (SSSR count). The van der Waals surface area contributed by atoms with Gasteiger partial charge in [-0.1, -0.05) is 6.07 Å². The maximum absolute atomic E-state index is 13.3. The zero-order valence-corrected chi connectivity index (χ0v) is 23.0. The van der Waals surface area contributed by atoms with E-state index < -0.39 is 18.5 Å². The number of nitrogens with zero attached hydrogens (tertiary/aromatic N) is 4. The molecule has 222 valence electrons. The molecule has 0 bridgehead atoms. The fourth-order valence-corrected chi connectivity index (χ4v) is 7.06. The van der Waals surface area contributed by atoms with E-state index in [1.807, 2.05) is 10.9 Å². The van der Waals surface area contributed by atoms with Crippen LogP contribution in [0.4, 0.5) is 22.0 Å². The van der Waals surface area contributed by atoms with Crippen molar-refractivity contribution in [1.82, 2.24) is 25.0 Å². The maximum atomic E-state index is 13.3. The molecule has 3 fully saturated rings. The van der Waals surface area contributed by atoms with Gasteiger partial charge in [-0.15, -0.1) is 0 Å². The van der Waals surface area contributed by atoms with Crippen LogP contribution in [0.3, 0.4) is 0 Å². The number of hydrogen-bond donors (Lipinski definition) is 1. The zero-order chi connectivity index (χ0) is 28.6. The number of halogens is 5. The number of pyridine rings is 1. The van der Waals surface area contributed by atoms with Crippen molar-refractivity contribution in [2.75, 3.05) is 32.7 Å². The summed E-state index contributed by atoms with van der Waals surface area (Å²) in [6.45, 7) is 2.27. The number of ether oxygens (including phenoxy) is 1. The summed E-state index contributed by atoms with van der Waals surface area (Å²) >= 11 is 0. The first kappa shape index (κ1) is 28.3. The van der Waals surface area contributed by atoms with Crippen LogP contribution in [0.15, 0.2) is 36.5 Å². The van der Waals surface area contributed by atoms with Gasteiger partial charge in [0.1, 0.15) is 11.4 Å². The molecular formula is C30H36F5N5O. The van der Waals surface area contributed by atoms with Crippen LogP contribution in [-0.4, -0.2) is 59.0 Å². The van der Waals surface area contributed by atoms with Crippen LogP contribution in [0.2, 0.25) is 0 Å². The van der Waals surface area contributed by atoms with Gasteiger partial charge in [0.05, 0.1) is 17.3 Å². The van der Waals surface area contributed by atoms with Gasteiger partial charge >= 0.3 is 12.8 Å². The van der Waals surface area contributed by atoms with E-state index in [2.05, 4.69) is 20.3 Å². The predicted molar refractivity (Wildman–Crippen MR) is 146 cm³/mol. The number of rotatable bonds is 6. The molecule has 0 unspecified atom stereocenters. The Labute approximate surface area is 236 Å². The van der Waals surface area contributed by atoms with Crippen LogP contribution in [0, 0.1) is 11.3 Å². The lowest BCUT2D eigenvalue weighted by atomic mass is 9.65. The lowest BCUT2D eigenvalue weighted by Crippen LogP contribution is -2.42. The van der Waals surface area contributed by atoms with Crippen molar-refractivity contribution < 1.29 is 26.7 Å². The molecule has 6 nitrogen and oxygen atoms in total. The molecule has 4 heterocycles. The van der Waals surface area contributed by atoms with Crippen LogP contribution in [0.5, 0.6) is 5.75 Å². The number of hydrogen-bond acceptors (Lipinski definition) is 5. The van der Waals surface area contributed by atoms with Crippen LogP contribution < -0.4 is 10.1 Å². The first-order valence-corrected chi connectivity index (χ1v) is 14.6. The van der Waals surface area contributed by atoms with Gasteiger partial charge in [-0.3, -0.25) is 4.68 Å². The van der Waals surface area contributed by atoms with Crippen molar-refractivity contribution in [3.05, 3.63) is 42.2 Å². The summed E-state index contributed by atoms with van der Waals surface area (Å²) in [5.74, 6) is 0.508. The number of piperidine rings is 2. The summed E-state index contributed by atoms with van der Waals surface area (Å²) in [5.41, 5.74) is -0.0923. The SMILES string of the molecule is FC(F)Oc1cc2nn(C3CCN(CC4CCC5(CCNCC5)CC4)CC3)cc2cc1-c1cccc(C(F)(F)F)n1. The third kappa shape index (κ3) is 6.35. The van der Waals surface area contributed by atoms with Crippen LogP contribution in [0.1, 0.15) is 63.1 Å². The highest BCUT2D eigenvalue weighted by molar-refractivity contribution is 5.87. The summed E-state index contributed by atoms with van der Waals surface area (Å²) in [4.78, 5) is 6.25. The largest absolute Gasteiger partial charge is 0.434 e. The Morgan fingerprint density at radius 1 is 1.00 bits per heavy atom. The van der Waals surface area contributed by atoms with Crippen LogP contribution in [-0.2, 0) is 6.18 Å². The first-order chi connectivity index (χ1) is 19.7. The van der Waals surface area contributed by atoms with Crippen molar-refractivity contribution in [3.63, 3.8) is 0 Å². The number of fused-ring (bicyclic) bond motifs is 1. The Bertz CT molecular complexity index is 1330. The van der Waals surface area contributed by atoms with Gasteiger partial charge in [-0.05, 0) is 94.0 Å². The van der Waals surface area contributed by atoms with E-state index in [0.717, 1.165) is 57.5 Å². The van der Waals surface area contributed by atoms with E-state index in [-0.39, 0.29) is 23.0 Å². The van der Waals surface area contributed by atoms with Gasteiger partial charge in [0, 0.05) is 42.8 Å². The van der Waals surface area contributed by atoms with E-state index >= 15 is 0 Å². The molecule has 1 spiro atoms. The number of likely N-dealkylation sites (tertiary alicyclic amines) is 1. The molecule has 41 heavy (non-hydrogen) atoms. The highest BCUT2D eigenvalue weighted by Crippen LogP contribution is 2.45. The third-order valence-electron chi connectivity index (χ3n) is 9.43. The molecule has 11 heteroatoms. The average molecular weight is 578 g/mol. The summed E-state index contributed by atoms with van der Waals surface area (Å²) < 4.78 is 72.8. The van der Waals surface area contributed by atoms with Crippen molar-refractivity contribution in [3.8, 4) is 17.0 Å². The Balaban J connectivity index is 1.13. The second kappa shape index (κ2) is 11.5. The third-order valence-corrected chi connectivity index (χ3v) is 9.43. The maximum Gasteiger partial charge on any atom is 0.433 e. The quantitative estimate of drug-likeness (QED) is 0.323.